The number of hydrogen-bond donors (Lipinski definition) is 3. The zero-order valence-corrected chi connectivity index (χ0v) is 28.0. The van der Waals surface area contributed by atoms with Crippen molar-refractivity contribution in [3.05, 3.63) is 70.3 Å². The highest BCUT2D eigenvalue weighted by atomic mass is 35.5. The van der Waals surface area contributed by atoms with E-state index in [0.717, 1.165) is 42.8 Å². The molecule has 2 bridgehead atoms. The van der Waals surface area contributed by atoms with Gasteiger partial charge in [-0.1, -0.05) is 36.7 Å². The fourth-order valence-corrected chi connectivity index (χ4v) is 9.77. The fraction of sp³-hybridized carbons (Fsp3) is 0.556. The van der Waals surface area contributed by atoms with Crippen LogP contribution in [0, 0.1) is 17.8 Å². The Morgan fingerprint density at radius 1 is 1.20 bits per heavy atom. The van der Waals surface area contributed by atoms with E-state index in [1.807, 2.05) is 44.2 Å². The number of carbonyl (C=O) groups excluding carboxylic acids is 1. The van der Waals surface area contributed by atoms with E-state index in [1.54, 1.807) is 6.07 Å². The van der Waals surface area contributed by atoms with E-state index in [1.165, 1.54) is 11.1 Å². The molecule has 45 heavy (non-hydrogen) atoms. The van der Waals surface area contributed by atoms with Crippen molar-refractivity contribution in [2.75, 3.05) is 31.2 Å². The van der Waals surface area contributed by atoms with Crippen LogP contribution in [-0.4, -0.2) is 63.4 Å². The number of hydrogen-bond acceptors (Lipinski definition) is 6. The molecule has 7 atom stereocenters. The number of aryl methyl sites for hydroxylation is 1. The minimum absolute atomic E-state index is 0.0236. The Hall–Kier alpha value is -2.52. The molecule has 2 aliphatic carbocycles. The lowest BCUT2D eigenvalue weighted by Gasteiger charge is -2.49. The SMILES string of the molecule is C=S1(=O)NC(=O)c2ccc3c(c2)N(C[C@@H]2CC[C@H]2[C@@](O)(CCCO)/C=C/C[C@H](C)[C@H]1C)C[C@@]1(CCCc2cc(Cl)ccc21)CO3. The molecule has 3 N–H and O–H groups in total. The van der Waals surface area contributed by atoms with Crippen LogP contribution in [0.1, 0.15) is 80.3 Å². The van der Waals surface area contributed by atoms with Gasteiger partial charge in [-0.15, -0.1) is 0 Å². The van der Waals surface area contributed by atoms with Crippen LogP contribution in [-0.2, 0) is 21.5 Å². The Morgan fingerprint density at radius 3 is 2.78 bits per heavy atom. The number of allylic oxidation sites excluding steroid dienone is 1. The van der Waals surface area contributed by atoms with E-state index in [4.69, 9.17) is 16.3 Å². The van der Waals surface area contributed by atoms with Gasteiger partial charge in [0.1, 0.15) is 5.75 Å². The number of nitrogens with one attached hydrogen (secondary N) is 1. The number of benzene rings is 2. The number of amides is 1. The summed E-state index contributed by atoms with van der Waals surface area (Å²) in [5.41, 5.74) is 2.47. The number of aliphatic hydroxyl groups is 2. The van der Waals surface area contributed by atoms with E-state index in [0.29, 0.717) is 50.3 Å². The van der Waals surface area contributed by atoms with Gasteiger partial charge >= 0.3 is 0 Å². The monoisotopic (exact) mass is 654 g/mol. The lowest BCUT2D eigenvalue weighted by molar-refractivity contribution is -0.0536. The third-order valence-electron chi connectivity index (χ3n) is 11.1. The molecule has 1 unspecified atom stereocenters. The van der Waals surface area contributed by atoms with Crippen LogP contribution in [0.25, 0.3) is 0 Å². The molecule has 2 aliphatic heterocycles. The van der Waals surface area contributed by atoms with Crippen molar-refractivity contribution in [3.63, 3.8) is 0 Å². The van der Waals surface area contributed by atoms with Crippen molar-refractivity contribution in [1.82, 2.24) is 4.72 Å². The zero-order chi connectivity index (χ0) is 32.0. The van der Waals surface area contributed by atoms with Crippen molar-refractivity contribution < 1.29 is 24.0 Å². The molecule has 244 valence electrons. The molecule has 1 amide bonds. The second-order valence-corrected chi connectivity index (χ2v) is 16.9. The van der Waals surface area contributed by atoms with E-state index in [9.17, 15) is 19.2 Å². The molecule has 9 heteroatoms. The first-order valence-corrected chi connectivity index (χ1v) is 18.6. The number of carbonyl (C=O) groups is 1. The van der Waals surface area contributed by atoms with Crippen molar-refractivity contribution in [2.24, 2.45) is 17.8 Å². The quantitative estimate of drug-likeness (QED) is 0.291. The second kappa shape index (κ2) is 12.6. The molecule has 1 spiro atoms. The van der Waals surface area contributed by atoms with Gasteiger partial charge in [0.15, 0.2) is 0 Å². The summed E-state index contributed by atoms with van der Waals surface area (Å²) in [6, 6.07) is 11.7. The van der Waals surface area contributed by atoms with Crippen molar-refractivity contribution in [2.45, 2.75) is 81.5 Å². The summed E-state index contributed by atoms with van der Waals surface area (Å²) in [6.45, 7) is 5.79. The largest absolute Gasteiger partial charge is 0.490 e. The molecule has 2 aromatic rings. The van der Waals surface area contributed by atoms with Crippen LogP contribution in [0.15, 0.2) is 48.6 Å². The van der Waals surface area contributed by atoms with Gasteiger partial charge in [0, 0.05) is 40.9 Å². The third kappa shape index (κ3) is 6.28. The first kappa shape index (κ1) is 32.4. The van der Waals surface area contributed by atoms with E-state index < -0.39 is 21.2 Å². The van der Waals surface area contributed by atoms with E-state index in [2.05, 4.69) is 27.6 Å². The number of nitrogens with zero attached hydrogens (tertiary/aromatic N) is 1. The molecule has 6 rings (SSSR count). The Morgan fingerprint density at radius 2 is 2.02 bits per heavy atom. The Labute approximate surface area is 273 Å². The summed E-state index contributed by atoms with van der Waals surface area (Å²) in [7, 11) is -2.97. The van der Waals surface area contributed by atoms with Crippen molar-refractivity contribution >= 4 is 38.8 Å². The molecule has 7 nitrogen and oxygen atoms in total. The number of rotatable bonds is 3. The number of aliphatic hydroxyl groups excluding tert-OH is 1. The van der Waals surface area contributed by atoms with Crippen molar-refractivity contribution in [1.29, 1.82) is 0 Å². The van der Waals surface area contributed by atoms with Crippen LogP contribution in [0.5, 0.6) is 5.75 Å². The van der Waals surface area contributed by atoms with Gasteiger partial charge in [-0.2, -0.15) is 0 Å². The molecule has 2 aromatic carbocycles. The van der Waals surface area contributed by atoms with Gasteiger partial charge in [-0.3, -0.25) is 9.52 Å². The van der Waals surface area contributed by atoms with E-state index >= 15 is 0 Å². The van der Waals surface area contributed by atoms with Gasteiger partial charge in [0.25, 0.3) is 5.91 Å². The zero-order valence-electron chi connectivity index (χ0n) is 26.5. The van der Waals surface area contributed by atoms with E-state index in [-0.39, 0.29) is 35.0 Å². The van der Waals surface area contributed by atoms with Gasteiger partial charge in [0.2, 0.25) is 0 Å². The maximum Gasteiger partial charge on any atom is 0.262 e. The van der Waals surface area contributed by atoms with Gasteiger partial charge in [-0.25, -0.2) is 4.21 Å². The molecular weight excluding hydrogens is 608 g/mol. The highest BCUT2D eigenvalue weighted by molar-refractivity contribution is 7.99. The van der Waals surface area contributed by atoms with Gasteiger partial charge in [0.05, 0.1) is 27.6 Å². The standard InChI is InChI=1S/C36H47ClN2O5S/c1-24-7-4-16-36(42,17-6-18-40)31-12-9-28(31)21-39-22-35(15-5-8-26-19-29(37)11-13-30(26)35)23-44-33-14-10-27(20-32(33)39)34(41)38-45(3,43)25(24)2/h4,10-11,13-14,16,19-20,24-25,28,31,40,42H,3,5-9,12,15,17-18,21-23H2,1-2H3,(H,38,41,43)/b16-4+/t24-,25+,28-,31+,35-,36-,45?/m0/s1. The Bertz CT molecular complexity index is 1580. The van der Waals surface area contributed by atoms with Crippen LogP contribution < -0.4 is 14.4 Å². The summed E-state index contributed by atoms with van der Waals surface area (Å²) in [6.07, 6.45) is 10.4. The second-order valence-electron chi connectivity index (χ2n) is 14.0. The topological polar surface area (TPSA) is 99.1 Å². The smallest absolute Gasteiger partial charge is 0.262 e. The van der Waals surface area contributed by atoms with Crippen LogP contribution >= 0.6 is 11.6 Å². The molecule has 1 saturated carbocycles. The summed E-state index contributed by atoms with van der Waals surface area (Å²) in [5, 5.41) is 22.2. The molecule has 2 heterocycles. The molecular formula is C36H47ClN2O5S. The predicted molar refractivity (Wildman–Crippen MR) is 183 cm³/mol. The average Bonchev–Trinajstić information content (AvgIpc) is 3.14. The molecule has 0 radical (unpaired) electrons. The Balaban J connectivity index is 1.44. The summed E-state index contributed by atoms with van der Waals surface area (Å²) in [5.74, 6) is 4.48. The van der Waals surface area contributed by atoms with Gasteiger partial charge < -0.3 is 19.8 Å². The summed E-state index contributed by atoms with van der Waals surface area (Å²) < 4.78 is 23.1. The van der Waals surface area contributed by atoms with Crippen LogP contribution in [0.4, 0.5) is 5.69 Å². The minimum atomic E-state index is -2.97. The fourth-order valence-electron chi connectivity index (χ4n) is 8.10. The molecule has 0 saturated heterocycles. The lowest BCUT2D eigenvalue weighted by Crippen LogP contribution is -2.52. The average molecular weight is 655 g/mol. The summed E-state index contributed by atoms with van der Waals surface area (Å²) >= 11 is 6.43. The lowest BCUT2D eigenvalue weighted by atomic mass is 9.63. The highest BCUT2D eigenvalue weighted by Gasteiger charge is 2.47. The number of fused-ring (bicyclic) bond motifs is 4. The number of halogens is 1. The summed E-state index contributed by atoms with van der Waals surface area (Å²) in [4.78, 5) is 16.0. The Kier molecular flexibility index (Phi) is 9.07. The first-order valence-electron chi connectivity index (χ1n) is 16.4. The van der Waals surface area contributed by atoms with Crippen LogP contribution in [0.2, 0.25) is 5.02 Å². The molecule has 4 aliphatic rings. The molecule has 0 aromatic heterocycles. The molecule has 1 fully saturated rings. The predicted octanol–water partition coefficient (Wildman–Crippen LogP) is 5.69. The maximum absolute atomic E-state index is 13.7. The maximum atomic E-state index is 13.7. The first-order chi connectivity index (χ1) is 21.4. The minimum Gasteiger partial charge on any atom is -0.490 e. The van der Waals surface area contributed by atoms with Crippen molar-refractivity contribution in [3.8, 4) is 5.75 Å². The van der Waals surface area contributed by atoms with Gasteiger partial charge in [-0.05, 0) is 123 Å². The third-order valence-corrected chi connectivity index (χ3v) is 13.6. The number of anilines is 1. The highest BCUT2D eigenvalue weighted by Crippen LogP contribution is 2.49. The van der Waals surface area contributed by atoms with Crippen LogP contribution in [0.3, 0.4) is 0 Å². The normalized spacial score (nSPS) is 35.7. The number of ether oxygens (including phenoxy) is 1.